The number of amides is 1. The Hall–Kier alpha value is -2.16. The number of benzene rings is 1. The maximum absolute atomic E-state index is 13.4. The van der Waals surface area contributed by atoms with Crippen LogP contribution in [0.15, 0.2) is 41.4 Å². The van der Waals surface area contributed by atoms with Crippen molar-refractivity contribution < 1.29 is 13.9 Å². The Balaban J connectivity index is 1.78. The molecule has 124 valence electrons. The number of halogens is 1. The number of carbonyl (C=O) groups is 1. The Morgan fingerprint density at radius 3 is 2.96 bits per heavy atom. The molecule has 0 saturated heterocycles. The van der Waals surface area contributed by atoms with E-state index in [4.69, 9.17) is 4.74 Å². The highest BCUT2D eigenvalue weighted by atomic mass is 32.1. The molecule has 5 nitrogen and oxygen atoms in total. The van der Waals surface area contributed by atoms with E-state index in [0.717, 1.165) is 10.4 Å². The summed E-state index contributed by atoms with van der Waals surface area (Å²) in [7, 11) is 1.56. The van der Waals surface area contributed by atoms with Crippen molar-refractivity contribution in [1.29, 1.82) is 0 Å². The molecule has 1 N–H and O–H groups in total. The number of methoxy groups -OCH3 is 1. The molecule has 1 atom stereocenters. The lowest BCUT2D eigenvalue weighted by atomic mass is 10.0. The van der Waals surface area contributed by atoms with Gasteiger partial charge in [0.05, 0.1) is 11.6 Å². The van der Waals surface area contributed by atoms with Gasteiger partial charge in [0.25, 0.3) is 5.91 Å². The topological polar surface area (TPSA) is 64.1 Å². The first-order valence-corrected chi connectivity index (χ1v) is 8.84. The van der Waals surface area contributed by atoms with Crippen LogP contribution in [0.3, 0.4) is 0 Å². The predicted molar refractivity (Wildman–Crippen MR) is 92.0 cm³/mol. The van der Waals surface area contributed by atoms with Crippen LogP contribution in [0, 0.1) is 5.82 Å². The fraction of sp³-hybridized carbons (Fsp3) is 0.188. The second-order valence-corrected chi connectivity index (χ2v) is 6.73. The van der Waals surface area contributed by atoms with Gasteiger partial charge in [0.1, 0.15) is 11.5 Å². The van der Waals surface area contributed by atoms with Crippen LogP contribution in [0.5, 0.6) is 0 Å². The fourth-order valence-corrected chi connectivity index (χ4v) is 3.57. The molecule has 2 heterocycles. The van der Waals surface area contributed by atoms with Gasteiger partial charge in [-0.3, -0.25) is 10.1 Å². The van der Waals surface area contributed by atoms with Crippen LogP contribution in [0.4, 0.5) is 9.52 Å². The molecular weight excluding hydrogens is 349 g/mol. The third kappa shape index (κ3) is 3.84. The van der Waals surface area contributed by atoms with Crippen LogP contribution in [0.2, 0.25) is 0 Å². The third-order valence-corrected chi connectivity index (χ3v) is 4.93. The number of aromatic nitrogens is 2. The molecule has 0 aliphatic carbocycles. The van der Waals surface area contributed by atoms with E-state index in [1.807, 2.05) is 0 Å². The fourth-order valence-electron chi connectivity index (χ4n) is 2.25. The van der Waals surface area contributed by atoms with E-state index < -0.39 is 0 Å². The molecule has 1 aromatic carbocycles. The summed E-state index contributed by atoms with van der Waals surface area (Å²) in [4.78, 5) is 21.3. The molecule has 2 aromatic heterocycles. The van der Waals surface area contributed by atoms with E-state index in [9.17, 15) is 9.18 Å². The zero-order valence-electron chi connectivity index (χ0n) is 12.7. The lowest BCUT2D eigenvalue weighted by Gasteiger charge is -2.15. The minimum absolute atomic E-state index is 0.310. The number of carbonyl (C=O) groups excluding carboxylic acids is 1. The predicted octanol–water partition coefficient (Wildman–Crippen LogP) is 3.92. The summed E-state index contributed by atoms with van der Waals surface area (Å²) in [6.07, 6.45) is 1.70. The second-order valence-electron chi connectivity index (χ2n) is 4.90. The first-order valence-electron chi connectivity index (χ1n) is 7.09. The number of anilines is 1. The molecular formula is C16H14FN3O2S2. The summed E-state index contributed by atoms with van der Waals surface area (Å²) in [5.74, 6) is -0.629. The molecule has 0 spiro atoms. The molecule has 0 fully saturated rings. The number of hydrogen-bond acceptors (Lipinski definition) is 6. The van der Waals surface area contributed by atoms with Crippen molar-refractivity contribution in [1.82, 2.24) is 9.97 Å². The van der Waals surface area contributed by atoms with Gasteiger partial charge < -0.3 is 4.74 Å². The van der Waals surface area contributed by atoms with Crippen molar-refractivity contribution in [2.45, 2.75) is 12.5 Å². The van der Waals surface area contributed by atoms with Gasteiger partial charge in [0, 0.05) is 30.0 Å². The summed E-state index contributed by atoms with van der Waals surface area (Å²) in [5.41, 5.74) is 2.68. The number of thiazole rings is 2. The molecule has 0 aliphatic heterocycles. The summed E-state index contributed by atoms with van der Waals surface area (Å²) in [6, 6.07) is 6.26. The van der Waals surface area contributed by atoms with Gasteiger partial charge in [-0.05, 0) is 17.7 Å². The van der Waals surface area contributed by atoms with Crippen molar-refractivity contribution in [2.75, 3.05) is 12.4 Å². The molecule has 0 radical (unpaired) electrons. The van der Waals surface area contributed by atoms with Gasteiger partial charge in [0.2, 0.25) is 0 Å². The highest BCUT2D eigenvalue weighted by Gasteiger charge is 2.20. The van der Waals surface area contributed by atoms with E-state index in [0.29, 0.717) is 17.2 Å². The largest absolute Gasteiger partial charge is 0.376 e. The van der Waals surface area contributed by atoms with Gasteiger partial charge in [-0.2, -0.15) is 0 Å². The molecule has 3 aromatic rings. The van der Waals surface area contributed by atoms with Crippen LogP contribution in [0.25, 0.3) is 0 Å². The number of rotatable bonds is 6. The standard InChI is InChI=1S/C16H14FN3O2S2/c1-22-12(10-3-2-4-11(17)7-10)8-13-14(19-9-24-13)15(21)20-16-18-5-6-23-16/h2-7,9,12H,8H2,1H3,(H,18,20,21). The lowest BCUT2D eigenvalue weighted by Crippen LogP contribution is -2.15. The highest BCUT2D eigenvalue weighted by Crippen LogP contribution is 2.26. The zero-order chi connectivity index (χ0) is 16.9. The summed E-state index contributed by atoms with van der Waals surface area (Å²) < 4.78 is 18.9. The van der Waals surface area contributed by atoms with Gasteiger partial charge in [0.15, 0.2) is 5.13 Å². The average molecular weight is 363 g/mol. The quantitative estimate of drug-likeness (QED) is 0.721. The molecule has 0 saturated carbocycles. The SMILES string of the molecule is COC(Cc1scnc1C(=O)Nc1nccs1)c1cccc(F)c1. The minimum Gasteiger partial charge on any atom is -0.376 e. The maximum Gasteiger partial charge on any atom is 0.277 e. The molecule has 24 heavy (non-hydrogen) atoms. The molecule has 0 aliphatic rings. The van der Waals surface area contributed by atoms with Gasteiger partial charge >= 0.3 is 0 Å². The molecule has 3 rings (SSSR count). The second kappa shape index (κ2) is 7.61. The van der Waals surface area contributed by atoms with E-state index >= 15 is 0 Å². The normalized spacial score (nSPS) is 12.1. The van der Waals surface area contributed by atoms with Crippen LogP contribution < -0.4 is 5.32 Å². The smallest absolute Gasteiger partial charge is 0.277 e. The van der Waals surface area contributed by atoms with Crippen LogP contribution in [-0.4, -0.2) is 23.0 Å². The van der Waals surface area contributed by atoms with Gasteiger partial charge in [-0.1, -0.05) is 12.1 Å². The van der Waals surface area contributed by atoms with Crippen LogP contribution in [0.1, 0.15) is 27.0 Å². The zero-order valence-corrected chi connectivity index (χ0v) is 14.4. The first kappa shape index (κ1) is 16.7. The van der Waals surface area contributed by atoms with Gasteiger partial charge in [-0.15, -0.1) is 22.7 Å². The molecule has 8 heteroatoms. The molecule has 1 amide bonds. The van der Waals surface area contributed by atoms with E-state index in [1.165, 1.54) is 34.8 Å². The highest BCUT2D eigenvalue weighted by molar-refractivity contribution is 7.13. The third-order valence-electron chi connectivity index (χ3n) is 3.38. The van der Waals surface area contributed by atoms with Crippen molar-refractivity contribution in [3.05, 3.63) is 63.3 Å². The number of nitrogens with one attached hydrogen (secondary N) is 1. The summed E-state index contributed by atoms with van der Waals surface area (Å²) in [5, 5.41) is 5.02. The van der Waals surface area contributed by atoms with Crippen molar-refractivity contribution in [2.24, 2.45) is 0 Å². The number of hydrogen-bond donors (Lipinski definition) is 1. The monoisotopic (exact) mass is 363 g/mol. The number of ether oxygens (including phenoxy) is 1. The summed E-state index contributed by atoms with van der Waals surface area (Å²) >= 11 is 2.71. The van der Waals surface area contributed by atoms with Crippen molar-refractivity contribution in [3.63, 3.8) is 0 Å². The first-order chi connectivity index (χ1) is 11.7. The van der Waals surface area contributed by atoms with E-state index in [-0.39, 0.29) is 17.8 Å². The Kier molecular flexibility index (Phi) is 5.29. The minimum atomic E-state index is -0.354. The van der Waals surface area contributed by atoms with E-state index in [2.05, 4.69) is 15.3 Å². The molecule has 0 bridgehead atoms. The van der Waals surface area contributed by atoms with Gasteiger partial charge in [-0.25, -0.2) is 14.4 Å². The average Bonchev–Trinajstić information content (AvgIpc) is 3.24. The summed E-state index contributed by atoms with van der Waals surface area (Å²) in [6.45, 7) is 0. The maximum atomic E-state index is 13.4. The Morgan fingerprint density at radius 1 is 1.38 bits per heavy atom. The van der Waals surface area contributed by atoms with Crippen molar-refractivity contribution in [3.8, 4) is 0 Å². The number of nitrogens with zero attached hydrogens (tertiary/aromatic N) is 2. The van der Waals surface area contributed by atoms with E-state index in [1.54, 1.807) is 36.3 Å². The van der Waals surface area contributed by atoms with Crippen LogP contribution >= 0.6 is 22.7 Å². The molecule has 1 unspecified atom stereocenters. The van der Waals surface area contributed by atoms with Crippen LogP contribution in [-0.2, 0) is 11.2 Å². The Labute approximate surface area is 146 Å². The van der Waals surface area contributed by atoms with Crippen molar-refractivity contribution >= 4 is 33.7 Å². The Bertz CT molecular complexity index is 820. The lowest BCUT2D eigenvalue weighted by molar-refractivity contribution is 0.0997. The Morgan fingerprint density at radius 2 is 2.25 bits per heavy atom.